The fraction of sp³-hybridized carbons (Fsp3) is 0.438. The van der Waals surface area contributed by atoms with Crippen molar-refractivity contribution in [1.29, 1.82) is 0 Å². The summed E-state index contributed by atoms with van der Waals surface area (Å²) >= 11 is 1.68. The van der Waals surface area contributed by atoms with Gasteiger partial charge in [0.2, 0.25) is 5.91 Å². The van der Waals surface area contributed by atoms with Crippen LogP contribution in [-0.4, -0.2) is 53.5 Å². The van der Waals surface area contributed by atoms with E-state index in [9.17, 15) is 4.79 Å². The number of hydrogen-bond donors (Lipinski definition) is 0. The SMILES string of the molecule is CN1CCN(C(=O)C[C@@H](c2ccsc2)n2cccc2)CC1. The third-order valence-electron chi connectivity index (χ3n) is 4.14. The molecule has 1 fully saturated rings. The van der Waals surface area contributed by atoms with Crippen molar-refractivity contribution in [2.45, 2.75) is 12.5 Å². The Bertz CT molecular complexity index is 522. The Kier molecular flexibility index (Phi) is 4.41. The van der Waals surface area contributed by atoms with Crippen molar-refractivity contribution >= 4 is 17.2 Å². The van der Waals surface area contributed by atoms with E-state index >= 15 is 0 Å². The Labute approximate surface area is 129 Å². The van der Waals surface area contributed by atoms with E-state index in [1.165, 1.54) is 5.56 Å². The maximum Gasteiger partial charge on any atom is 0.225 e. The van der Waals surface area contributed by atoms with Gasteiger partial charge in [0.25, 0.3) is 0 Å². The zero-order chi connectivity index (χ0) is 14.7. The van der Waals surface area contributed by atoms with Gasteiger partial charge in [-0.1, -0.05) is 0 Å². The molecule has 0 unspecified atom stereocenters. The van der Waals surface area contributed by atoms with Crippen molar-refractivity contribution in [2.75, 3.05) is 33.2 Å². The van der Waals surface area contributed by atoms with Gasteiger partial charge in [-0.25, -0.2) is 0 Å². The highest BCUT2D eigenvalue weighted by Crippen LogP contribution is 2.25. The Morgan fingerprint density at radius 1 is 1.24 bits per heavy atom. The van der Waals surface area contributed by atoms with E-state index < -0.39 is 0 Å². The fourth-order valence-electron chi connectivity index (χ4n) is 2.77. The van der Waals surface area contributed by atoms with Crippen LogP contribution in [0.5, 0.6) is 0 Å². The molecular weight excluding hydrogens is 282 g/mol. The molecule has 0 aromatic carbocycles. The van der Waals surface area contributed by atoms with Gasteiger partial charge < -0.3 is 14.4 Å². The van der Waals surface area contributed by atoms with Gasteiger partial charge in [0, 0.05) is 38.6 Å². The molecule has 1 saturated heterocycles. The number of thiophene rings is 1. The summed E-state index contributed by atoms with van der Waals surface area (Å²) in [6.45, 7) is 3.63. The molecule has 21 heavy (non-hydrogen) atoms. The topological polar surface area (TPSA) is 28.5 Å². The van der Waals surface area contributed by atoms with Gasteiger partial charge in [-0.15, -0.1) is 0 Å². The Balaban J connectivity index is 1.72. The van der Waals surface area contributed by atoms with Crippen molar-refractivity contribution in [2.24, 2.45) is 0 Å². The molecule has 5 heteroatoms. The fourth-order valence-corrected chi connectivity index (χ4v) is 3.47. The predicted molar refractivity (Wildman–Crippen MR) is 85.6 cm³/mol. The molecule has 0 radical (unpaired) electrons. The summed E-state index contributed by atoms with van der Waals surface area (Å²) in [5.41, 5.74) is 1.22. The minimum atomic E-state index is 0.110. The Hall–Kier alpha value is -1.59. The summed E-state index contributed by atoms with van der Waals surface area (Å²) in [6, 6.07) is 6.25. The number of aromatic nitrogens is 1. The van der Waals surface area contributed by atoms with Crippen molar-refractivity contribution in [3.63, 3.8) is 0 Å². The minimum Gasteiger partial charge on any atom is -0.346 e. The lowest BCUT2D eigenvalue weighted by molar-refractivity contribution is -0.133. The van der Waals surface area contributed by atoms with Crippen LogP contribution < -0.4 is 0 Å². The van der Waals surface area contributed by atoms with E-state index in [1.54, 1.807) is 11.3 Å². The van der Waals surface area contributed by atoms with Crippen LogP contribution in [0, 0.1) is 0 Å². The molecule has 2 aromatic heterocycles. The van der Waals surface area contributed by atoms with Crippen LogP contribution in [0.15, 0.2) is 41.4 Å². The number of likely N-dealkylation sites (N-methyl/N-ethyl adjacent to an activating group) is 1. The molecule has 0 aliphatic carbocycles. The third kappa shape index (κ3) is 3.36. The molecule has 0 N–H and O–H groups in total. The lowest BCUT2D eigenvalue weighted by Gasteiger charge is -2.33. The van der Waals surface area contributed by atoms with Gasteiger partial charge in [-0.05, 0) is 41.6 Å². The van der Waals surface area contributed by atoms with Crippen molar-refractivity contribution in [1.82, 2.24) is 14.4 Å². The number of nitrogens with zero attached hydrogens (tertiary/aromatic N) is 3. The van der Waals surface area contributed by atoms with Crippen LogP contribution in [-0.2, 0) is 4.79 Å². The quantitative estimate of drug-likeness (QED) is 0.867. The second kappa shape index (κ2) is 6.45. The lowest BCUT2D eigenvalue weighted by Crippen LogP contribution is -2.47. The van der Waals surface area contributed by atoms with Gasteiger partial charge in [0.05, 0.1) is 12.5 Å². The summed E-state index contributed by atoms with van der Waals surface area (Å²) < 4.78 is 2.13. The van der Waals surface area contributed by atoms with Crippen molar-refractivity contribution in [3.8, 4) is 0 Å². The van der Waals surface area contributed by atoms with E-state index in [4.69, 9.17) is 0 Å². The normalized spacial score (nSPS) is 17.9. The average molecular weight is 303 g/mol. The molecule has 3 rings (SSSR count). The van der Waals surface area contributed by atoms with Crippen LogP contribution in [0.2, 0.25) is 0 Å². The summed E-state index contributed by atoms with van der Waals surface area (Å²) in [4.78, 5) is 16.9. The first-order chi connectivity index (χ1) is 10.2. The summed E-state index contributed by atoms with van der Waals surface area (Å²) in [7, 11) is 2.11. The molecule has 3 heterocycles. The first-order valence-electron chi connectivity index (χ1n) is 7.35. The number of hydrogen-bond acceptors (Lipinski definition) is 3. The highest BCUT2D eigenvalue weighted by Gasteiger charge is 2.24. The maximum atomic E-state index is 12.6. The average Bonchev–Trinajstić information content (AvgIpc) is 3.19. The first-order valence-corrected chi connectivity index (χ1v) is 8.29. The number of piperazine rings is 1. The third-order valence-corrected chi connectivity index (χ3v) is 4.84. The molecule has 0 saturated carbocycles. The van der Waals surface area contributed by atoms with Gasteiger partial charge in [-0.2, -0.15) is 11.3 Å². The van der Waals surface area contributed by atoms with E-state index in [2.05, 4.69) is 33.3 Å². The lowest BCUT2D eigenvalue weighted by atomic mass is 10.1. The molecule has 112 valence electrons. The molecule has 0 bridgehead atoms. The molecule has 0 spiro atoms. The van der Waals surface area contributed by atoms with Crippen LogP contribution in [0.3, 0.4) is 0 Å². The molecule has 4 nitrogen and oxygen atoms in total. The standard InChI is InChI=1S/C16H21N3OS/c1-17-7-9-19(10-8-17)16(20)12-15(14-4-11-21-13-14)18-5-2-3-6-18/h2-6,11,13,15H,7-10,12H2,1H3/t15-/m0/s1. The highest BCUT2D eigenvalue weighted by molar-refractivity contribution is 7.07. The largest absolute Gasteiger partial charge is 0.346 e. The summed E-state index contributed by atoms with van der Waals surface area (Å²) in [5, 5.41) is 4.22. The van der Waals surface area contributed by atoms with Crippen molar-refractivity contribution < 1.29 is 4.79 Å². The first kappa shape index (κ1) is 14.4. The van der Waals surface area contributed by atoms with Gasteiger partial charge >= 0.3 is 0 Å². The second-order valence-electron chi connectivity index (χ2n) is 5.59. The molecule has 1 aliphatic rings. The Morgan fingerprint density at radius 2 is 1.95 bits per heavy atom. The number of amides is 1. The van der Waals surface area contributed by atoms with Crippen LogP contribution in [0.1, 0.15) is 18.0 Å². The molecule has 1 aliphatic heterocycles. The Morgan fingerprint density at radius 3 is 2.57 bits per heavy atom. The smallest absolute Gasteiger partial charge is 0.225 e. The molecule has 1 atom stereocenters. The predicted octanol–water partition coefficient (Wildman–Crippen LogP) is 2.30. The number of carbonyl (C=O) groups excluding carboxylic acids is 1. The van der Waals surface area contributed by atoms with Crippen LogP contribution >= 0.6 is 11.3 Å². The van der Waals surface area contributed by atoms with Gasteiger partial charge in [0.1, 0.15) is 0 Å². The van der Waals surface area contributed by atoms with E-state index in [0.29, 0.717) is 6.42 Å². The molecule has 1 amide bonds. The number of rotatable bonds is 4. The summed E-state index contributed by atoms with van der Waals surface area (Å²) in [6.07, 6.45) is 4.62. The highest BCUT2D eigenvalue weighted by atomic mass is 32.1. The van der Waals surface area contributed by atoms with Crippen LogP contribution in [0.4, 0.5) is 0 Å². The van der Waals surface area contributed by atoms with E-state index in [1.807, 2.05) is 29.4 Å². The summed E-state index contributed by atoms with van der Waals surface area (Å²) in [5.74, 6) is 0.257. The zero-order valence-electron chi connectivity index (χ0n) is 12.3. The molecular formula is C16H21N3OS. The number of carbonyl (C=O) groups is 1. The van der Waals surface area contributed by atoms with E-state index in [0.717, 1.165) is 26.2 Å². The van der Waals surface area contributed by atoms with Gasteiger partial charge in [0.15, 0.2) is 0 Å². The van der Waals surface area contributed by atoms with Crippen LogP contribution in [0.25, 0.3) is 0 Å². The maximum absolute atomic E-state index is 12.6. The minimum absolute atomic E-state index is 0.110. The monoisotopic (exact) mass is 303 g/mol. The van der Waals surface area contributed by atoms with Gasteiger partial charge in [-0.3, -0.25) is 4.79 Å². The zero-order valence-corrected chi connectivity index (χ0v) is 13.1. The second-order valence-corrected chi connectivity index (χ2v) is 6.37. The van der Waals surface area contributed by atoms with Crippen molar-refractivity contribution in [3.05, 3.63) is 46.9 Å². The molecule has 2 aromatic rings. The van der Waals surface area contributed by atoms with E-state index in [-0.39, 0.29) is 11.9 Å².